The predicted octanol–water partition coefficient (Wildman–Crippen LogP) is 13.1. The number of rotatable bonds is 1. The second kappa shape index (κ2) is 17.0. The van der Waals surface area contributed by atoms with Crippen molar-refractivity contribution < 1.29 is 8.81 Å². The van der Waals surface area contributed by atoms with Gasteiger partial charge in [0.25, 0.3) is 0 Å². The fourth-order valence-corrected chi connectivity index (χ4v) is 3.67. The summed E-state index contributed by atoms with van der Waals surface area (Å²) >= 11 is 0. The summed E-state index contributed by atoms with van der Waals surface area (Å²) < 4.78 is 17.7. The van der Waals surface area contributed by atoms with Crippen LogP contribution in [0.25, 0.3) is 5.57 Å². The van der Waals surface area contributed by atoms with E-state index in [1.807, 2.05) is 42.5 Å². The van der Waals surface area contributed by atoms with Crippen LogP contribution in [0, 0.1) is 11.2 Å². The fraction of sp³-hybridized carbons (Fsp3) is 0.415. The number of furan rings is 1. The molecule has 0 aliphatic heterocycles. The standard InChI is InChI=1S/C12H16.C10H13F.C10H14.C8H12O.CH4/c1-10(12(2,3)4)11-8-6-5-7-9-11;1-10(2,3)8-4-6-9(11)7-5-8;1-10(2,3)9-7-5-4-6-8-9;1-8(2,3)7-5-4-6-9-7;/h5-9H,1H2,2-4H3;4-7H,1-3H3;4-8H,1-3H3;4-6H,1-3H3;1H4. The van der Waals surface area contributed by atoms with Crippen molar-refractivity contribution in [1.29, 1.82) is 0 Å². The Hall–Kier alpha value is -3.39. The van der Waals surface area contributed by atoms with Crippen LogP contribution in [0.5, 0.6) is 0 Å². The summed E-state index contributed by atoms with van der Waals surface area (Å²) in [7, 11) is 0. The summed E-state index contributed by atoms with van der Waals surface area (Å²) in [6.07, 6.45) is 1.71. The van der Waals surface area contributed by atoms with Crippen LogP contribution in [0.2, 0.25) is 0 Å². The Morgan fingerprint density at radius 1 is 0.535 bits per heavy atom. The molecule has 4 rings (SSSR count). The number of allylic oxidation sites excluding steroid dienone is 1. The number of benzene rings is 3. The molecule has 0 N–H and O–H groups in total. The SMILES string of the molecule is C.C=C(c1ccccc1)C(C)(C)C.CC(C)(C)c1ccc(F)cc1.CC(C)(C)c1ccccc1.CC(C)(C)c1ccco1. The maximum atomic E-state index is 12.5. The van der Waals surface area contributed by atoms with E-state index in [0.29, 0.717) is 5.41 Å². The molecular formula is C41H59FO. The van der Waals surface area contributed by atoms with Crippen molar-refractivity contribution in [2.45, 2.75) is 107 Å². The van der Waals surface area contributed by atoms with Gasteiger partial charge in [0.15, 0.2) is 0 Å². The van der Waals surface area contributed by atoms with E-state index in [1.165, 1.54) is 34.4 Å². The van der Waals surface area contributed by atoms with Crippen LogP contribution >= 0.6 is 0 Å². The smallest absolute Gasteiger partial charge is 0.123 e. The van der Waals surface area contributed by atoms with Crippen molar-refractivity contribution in [1.82, 2.24) is 0 Å². The van der Waals surface area contributed by atoms with Gasteiger partial charge in [0.2, 0.25) is 0 Å². The highest BCUT2D eigenvalue weighted by Crippen LogP contribution is 2.31. The van der Waals surface area contributed by atoms with E-state index >= 15 is 0 Å². The molecule has 0 aliphatic rings. The molecule has 0 fully saturated rings. The van der Waals surface area contributed by atoms with E-state index in [-0.39, 0.29) is 29.5 Å². The molecular weight excluding hydrogens is 527 g/mol. The second-order valence-electron chi connectivity index (χ2n) is 14.7. The lowest BCUT2D eigenvalue weighted by molar-refractivity contribution is 0.409. The maximum absolute atomic E-state index is 12.5. The molecule has 0 aliphatic carbocycles. The Morgan fingerprint density at radius 3 is 1.26 bits per heavy atom. The van der Waals surface area contributed by atoms with E-state index in [2.05, 4.69) is 132 Å². The van der Waals surface area contributed by atoms with Crippen LogP contribution in [0.3, 0.4) is 0 Å². The molecule has 0 atom stereocenters. The van der Waals surface area contributed by atoms with Crippen molar-refractivity contribution in [3.8, 4) is 0 Å². The number of hydrogen-bond donors (Lipinski definition) is 0. The molecule has 1 aromatic heterocycles. The summed E-state index contributed by atoms with van der Waals surface area (Å²) in [4.78, 5) is 0. The first-order valence-electron chi connectivity index (χ1n) is 14.8. The van der Waals surface area contributed by atoms with Gasteiger partial charge in [-0.05, 0) is 62.8 Å². The lowest BCUT2D eigenvalue weighted by Gasteiger charge is -2.21. The molecule has 2 heteroatoms. The van der Waals surface area contributed by atoms with E-state index in [0.717, 1.165) is 5.76 Å². The summed E-state index contributed by atoms with van der Waals surface area (Å²) in [5, 5.41) is 0. The Balaban J connectivity index is 0.000000545. The van der Waals surface area contributed by atoms with Crippen molar-refractivity contribution in [3.05, 3.63) is 138 Å². The Bertz CT molecular complexity index is 1270. The molecule has 0 spiro atoms. The molecule has 0 saturated heterocycles. The summed E-state index contributed by atoms with van der Waals surface area (Å²) in [6, 6.07) is 31.5. The van der Waals surface area contributed by atoms with Gasteiger partial charge < -0.3 is 4.42 Å². The van der Waals surface area contributed by atoms with Crippen LogP contribution in [0.1, 0.15) is 113 Å². The Morgan fingerprint density at radius 2 is 0.953 bits per heavy atom. The third kappa shape index (κ3) is 15.6. The van der Waals surface area contributed by atoms with Crippen LogP contribution in [0.15, 0.2) is 114 Å². The highest BCUT2D eigenvalue weighted by molar-refractivity contribution is 5.67. The molecule has 0 amide bonds. The van der Waals surface area contributed by atoms with Gasteiger partial charge >= 0.3 is 0 Å². The zero-order valence-corrected chi connectivity index (χ0v) is 28.3. The summed E-state index contributed by atoms with van der Waals surface area (Å²) in [5.74, 6) is 0.875. The summed E-state index contributed by atoms with van der Waals surface area (Å²) in [6.45, 7) is 30.0. The van der Waals surface area contributed by atoms with Crippen LogP contribution in [-0.4, -0.2) is 0 Å². The first-order valence-corrected chi connectivity index (χ1v) is 14.8. The third-order valence-corrected chi connectivity index (χ3v) is 6.64. The monoisotopic (exact) mass is 586 g/mol. The van der Waals surface area contributed by atoms with Gasteiger partial charge in [-0.1, -0.05) is 170 Å². The average molecular weight is 587 g/mol. The van der Waals surface area contributed by atoms with Gasteiger partial charge in [-0.2, -0.15) is 0 Å². The molecule has 0 radical (unpaired) electrons. The molecule has 0 unspecified atom stereocenters. The first kappa shape index (κ1) is 39.6. The lowest BCUT2D eigenvalue weighted by Crippen LogP contribution is -2.10. The Kier molecular flexibility index (Phi) is 15.7. The molecule has 1 heterocycles. The van der Waals surface area contributed by atoms with Crippen molar-refractivity contribution in [2.75, 3.05) is 0 Å². The lowest BCUT2D eigenvalue weighted by atomic mass is 9.83. The van der Waals surface area contributed by atoms with Crippen LogP contribution in [-0.2, 0) is 16.2 Å². The minimum Gasteiger partial charge on any atom is -0.469 e. The van der Waals surface area contributed by atoms with Gasteiger partial charge in [0, 0.05) is 5.41 Å². The first-order chi connectivity index (χ1) is 19.2. The van der Waals surface area contributed by atoms with Gasteiger partial charge in [-0.3, -0.25) is 0 Å². The quantitative estimate of drug-likeness (QED) is 0.216. The van der Waals surface area contributed by atoms with Gasteiger partial charge in [0.1, 0.15) is 11.6 Å². The second-order valence-corrected chi connectivity index (χ2v) is 14.7. The largest absolute Gasteiger partial charge is 0.469 e. The zero-order valence-electron chi connectivity index (χ0n) is 28.3. The molecule has 1 nitrogen and oxygen atoms in total. The molecule has 236 valence electrons. The van der Waals surface area contributed by atoms with Crippen molar-refractivity contribution in [2.24, 2.45) is 5.41 Å². The zero-order chi connectivity index (χ0) is 32.2. The topological polar surface area (TPSA) is 13.1 Å². The molecule has 4 aromatic rings. The van der Waals surface area contributed by atoms with Crippen molar-refractivity contribution >= 4 is 5.57 Å². The number of hydrogen-bond acceptors (Lipinski definition) is 1. The molecule has 43 heavy (non-hydrogen) atoms. The van der Waals surface area contributed by atoms with Crippen LogP contribution < -0.4 is 0 Å². The van der Waals surface area contributed by atoms with Gasteiger partial charge in [-0.25, -0.2) is 4.39 Å². The van der Waals surface area contributed by atoms with Gasteiger partial charge in [0.05, 0.1) is 6.26 Å². The molecule has 0 bridgehead atoms. The average Bonchev–Trinajstić information content (AvgIpc) is 3.45. The molecule has 0 saturated carbocycles. The third-order valence-electron chi connectivity index (χ3n) is 6.64. The molecule has 3 aromatic carbocycles. The predicted molar refractivity (Wildman–Crippen MR) is 189 cm³/mol. The minimum atomic E-state index is -0.169. The maximum Gasteiger partial charge on any atom is 0.123 e. The minimum absolute atomic E-state index is 0. The highest BCUT2D eigenvalue weighted by Gasteiger charge is 2.16. The Labute approximate surface area is 264 Å². The van der Waals surface area contributed by atoms with E-state index in [9.17, 15) is 4.39 Å². The summed E-state index contributed by atoms with van der Waals surface area (Å²) in [5.41, 5.74) is 5.74. The van der Waals surface area contributed by atoms with E-state index in [1.54, 1.807) is 6.26 Å². The number of halogens is 1. The fourth-order valence-electron chi connectivity index (χ4n) is 3.67. The van der Waals surface area contributed by atoms with E-state index < -0.39 is 0 Å². The van der Waals surface area contributed by atoms with E-state index in [4.69, 9.17) is 4.42 Å². The van der Waals surface area contributed by atoms with Crippen molar-refractivity contribution in [3.63, 3.8) is 0 Å². The highest BCUT2D eigenvalue weighted by atomic mass is 19.1. The normalized spacial score (nSPS) is 11.3. The van der Waals surface area contributed by atoms with Gasteiger partial charge in [-0.15, -0.1) is 0 Å². The van der Waals surface area contributed by atoms with Crippen LogP contribution in [0.4, 0.5) is 4.39 Å².